The van der Waals surface area contributed by atoms with E-state index in [-0.39, 0.29) is 18.0 Å². The summed E-state index contributed by atoms with van der Waals surface area (Å²) in [5.41, 5.74) is 1.31. The van der Waals surface area contributed by atoms with E-state index in [0.29, 0.717) is 22.9 Å². The number of carbonyl (C=O) groups excluding carboxylic acids is 1. The number of nitrogens with one attached hydrogen (secondary N) is 2. The Morgan fingerprint density at radius 1 is 0.875 bits per heavy atom. The van der Waals surface area contributed by atoms with Crippen LogP contribution in [0.4, 0.5) is 5.69 Å². The van der Waals surface area contributed by atoms with Crippen molar-refractivity contribution in [2.75, 3.05) is 26.1 Å². The molecule has 0 heterocycles. The molecule has 9 heteroatoms. The van der Waals surface area contributed by atoms with Crippen molar-refractivity contribution in [3.8, 4) is 17.2 Å². The molecule has 0 unspecified atom stereocenters. The molecule has 0 aliphatic carbocycles. The first-order valence-electron chi connectivity index (χ1n) is 9.69. The number of carbonyl (C=O) groups is 1. The number of rotatable bonds is 10. The summed E-state index contributed by atoms with van der Waals surface area (Å²) < 4.78 is 43.3. The van der Waals surface area contributed by atoms with Crippen LogP contribution in [0.15, 0.2) is 77.7 Å². The number of sulfonamides is 1. The van der Waals surface area contributed by atoms with Crippen LogP contribution in [0.1, 0.15) is 5.56 Å². The maximum absolute atomic E-state index is 12.5. The average Bonchev–Trinajstić information content (AvgIpc) is 2.82. The van der Waals surface area contributed by atoms with Gasteiger partial charge in [-0.05, 0) is 42.0 Å². The molecule has 0 saturated heterocycles. The standard InChI is InChI=1S/C23H24N2O6S/c1-29-19-10-13-22(30-2)21(14-19)25-23(26)16-31-18-8-11-20(12-9-18)32(27,28)24-15-17-6-4-3-5-7-17/h3-14,24H,15-16H2,1-2H3,(H,25,26). The van der Waals surface area contributed by atoms with E-state index in [1.807, 2.05) is 30.3 Å². The zero-order valence-electron chi connectivity index (χ0n) is 17.7. The van der Waals surface area contributed by atoms with Crippen LogP contribution >= 0.6 is 0 Å². The fourth-order valence-electron chi connectivity index (χ4n) is 2.82. The second-order valence-corrected chi connectivity index (χ2v) is 8.45. The van der Waals surface area contributed by atoms with Crippen LogP contribution in [-0.4, -0.2) is 35.2 Å². The normalized spacial score (nSPS) is 10.9. The van der Waals surface area contributed by atoms with Crippen LogP contribution in [-0.2, 0) is 21.4 Å². The largest absolute Gasteiger partial charge is 0.497 e. The third kappa shape index (κ3) is 6.22. The molecule has 0 aromatic heterocycles. The average molecular weight is 457 g/mol. The van der Waals surface area contributed by atoms with Gasteiger partial charge in [-0.1, -0.05) is 30.3 Å². The Morgan fingerprint density at radius 2 is 1.56 bits per heavy atom. The molecule has 0 fully saturated rings. The Hall–Kier alpha value is -3.56. The summed E-state index contributed by atoms with van der Waals surface area (Å²) in [6.07, 6.45) is 0. The zero-order chi connectivity index (χ0) is 23.0. The van der Waals surface area contributed by atoms with Crippen molar-refractivity contribution in [1.82, 2.24) is 4.72 Å². The van der Waals surface area contributed by atoms with Gasteiger partial charge >= 0.3 is 0 Å². The lowest BCUT2D eigenvalue weighted by molar-refractivity contribution is -0.118. The van der Waals surface area contributed by atoms with Gasteiger partial charge < -0.3 is 19.5 Å². The number of amides is 1. The van der Waals surface area contributed by atoms with Crippen molar-refractivity contribution in [1.29, 1.82) is 0 Å². The first-order chi connectivity index (χ1) is 15.4. The number of hydrogen-bond acceptors (Lipinski definition) is 6. The molecule has 3 rings (SSSR count). The van der Waals surface area contributed by atoms with Crippen LogP contribution in [0, 0.1) is 0 Å². The van der Waals surface area contributed by atoms with Crippen molar-refractivity contribution >= 4 is 21.6 Å². The Labute approximate surface area is 187 Å². The van der Waals surface area contributed by atoms with E-state index in [0.717, 1.165) is 5.56 Å². The van der Waals surface area contributed by atoms with Gasteiger partial charge in [-0.3, -0.25) is 4.79 Å². The molecule has 3 aromatic carbocycles. The second kappa shape index (κ2) is 10.7. The van der Waals surface area contributed by atoms with Gasteiger partial charge in [-0.25, -0.2) is 13.1 Å². The molecule has 0 radical (unpaired) electrons. The third-order valence-electron chi connectivity index (χ3n) is 4.49. The molecule has 3 aromatic rings. The highest BCUT2D eigenvalue weighted by Crippen LogP contribution is 2.28. The molecule has 0 aliphatic heterocycles. The monoisotopic (exact) mass is 456 g/mol. The summed E-state index contributed by atoms with van der Waals surface area (Å²) in [7, 11) is -0.648. The number of ether oxygens (including phenoxy) is 3. The Kier molecular flexibility index (Phi) is 7.69. The lowest BCUT2D eigenvalue weighted by atomic mass is 10.2. The summed E-state index contributed by atoms with van der Waals surface area (Å²) in [4.78, 5) is 12.4. The van der Waals surface area contributed by atoms with Gasteiger partial charge in [0.05, 0.1) is 24.8 Å². The van der Waals surface area contributed by atoms with E-state index in [1.165, 1.54) is 38.5 Å². The van der Waals surface area contributed by atoms with Crippen LogP contribution in [0.25, 0.3) is 0 Å². The van der Waals surface area contributed by atoms with Gasteiger partial charge in [0.15, 0.2) is 6.61 Å². The van der Waals surface area contributed by atoms with Crippen LogP contribution in [0.5, 0.6) is 17.2 Å². The first-order valence-corrected chi connectivity index (χ1v) is 11.2. The quantitative estimate of drug-likeness (QED) is 0.486. The van der Waals surface area contributed by atoms with Gasteiger partial charge in [0, 0.05) is 12.6 Å². The van der Waals surface area contributed by atoms with E-state index in [2.05, 4.69) is 10.0 Å². The molecule has 8 nitrogen and oxygen atoms in total. The molecule has 1 amide bonds. The molecule has 0 aliphatic rings. The fraction of sp³-hybridized carbons (Fsp3) is 0.174. The molecular weight excluding hydrogens is 432 g/mol. The topological polar surface area (TPSA) is 103 Å². The molecule has 0 saturated carbocycles. The SMILES string of the molecule is COc1ccc(OC)c(NC(=O)COc2ccc(S(=O)(=O)NCc3ccccc3)cc2)c1. The van der Waals surface area contributed by atoms with E-state index in [1.54, 1.807) is 18.2 Å². The molecule has 0 atom stereocenters. The lowest BCUT2D eigenvalue weighted by Crippen LogP contribution is -2.23. The summed E-state index contributed by atoms with van der Waals surface area (Å²) in [5.74, 6) is 1.01. The maximum Gasteiger partial charge on any atom is 0.262 e. The van der Waals surface area contributed by atoms with Crippen LogP contribution < -0.4 is 24.2 Å². The summed E-state index contributed by atoms with van der Waals surface area (Å²) in [5, 5.41) is 2.70. The van der Waals surface area contributed by atoms with Crippen LogP contribution in [0.3, 0.4) is 0 Å². The van der Waals surface area contributed by atoms with Crippen molar-refractivity contribution in [2.45, 2.75) is 11.4 Å². The van der Waals surface area contributed by atoms with E-state index in [9.17, 15) is 13.2 Å². The molecule has 2 N–H and O–H groups in total. The minimum absolute atomic E-state index is 0.103. The molecule has 0 bridgehead atoms. The van der Waals surface area contributed by atoms with Gasteiger partial charge in [0.1, 0.15) is 17.2 Å². The minimum atomic E-state index is -3.67. The predicted molar refractivity (Wildman–Crippen MR) is 121 cm³/mol. The van der Waals surface area contributed by atoms with Gasteiger partial charge in [0.2, 0.25) is 10.0 Å². The van der Waals surface area contributed by atoms with E-state index >= 15 is 0 Å². The summed E-state index contributed by atoms with van der Waals surface area (Å²) >= 11 is 0. The zero-order valence-corrected chi connectivity index (χ0v) is 18.5. The third-order valence-corrected chi connectivity index (χ3v) is 5.91. The highest BCUT2D eigenvalue weighted by molar-refractivity contribution is 7.89. The Balaban J connectivity index is 1.56. The van der Waals surface area contributed by atoms with Gasteiger partial charge in [0.25, 0.3) is 5.91 Å². The number of benzene rings is 3. The van der Waals surface area contributed by atoms with Gasteiger partial charge in [-0.2, -0.15) is 0 Å². The predicted octanol–water partition coefficient (Wildman–Crippen LogP) is 3.20. The molecular formula is C23H24N2O6S. The minimum Gasteiger partial charge on any atom is -0.497 e. The van der Waals surface area contributed by atoms with Crippen LogP contribution in [0.2, 0.25) is 0 Å². The van der Waals surface area contributed by atoms with Crippen molar-refractivity contribution in [2.24, 2.45) is 0 Å². The molecule has 0 spiro atoms. The molecule has 32 heavy (non-hydrogen) atoms. The fourth-order valence-corrected chi connectivity index (χ4v) is 3.84. The second-order valence-electron chi connectivity index (χ2n) is 6.68. The highest BCUT2D eigenvalue weighted by Gasteiger charge is 2.14. The summed E-state index contributed by atoms with van der Waals surface area (Å²) in [6, 6.07) is 20.1. The van der Waals surface area contributed by atoms with E-state index in [4.69, 9.17) is 14.2 Å². The Bertz CT molecular complexity index is 1150. The summed E-state index contributed by atoms with van der Waals surface area (Å²) in [6.45, 7) is -0.0753. The lowest BCUT2D eigenvalue weighted by Gasteiger charge is -2.12. The number of methoxy groups -OCH3 is 2. The highest BCUT2D eigenvalue weighted by atomic mass is 32.2. The van der Waals surface area contributed by atoms with Crippen molar-refractivity contribution in [3.05, 3.63) is 78.4 Å². The maximum atomic E-state index is 12.5. The number of hydrogen-bond donors (Lipinski definition) is 2. The first kappa shape index (κ1) is 23.1. The van der Waals surface area contributed by atoms with E-state index < -0.39 is 15.9 Å². The molecule has 168 valence electrons. The smallest absolute Gasteiger partial charge is 0.262 e. The van der Waals surface area contributed by atoms with Crippen molar-refractivity contribution < 1.29 is 27.4 Å². The number of anilines is 1. The van der Waals surface area contributed by atoms with Gasteiger partial charge in [-0.15, -0.1) is 0 Å². The van der Waals surface area contributed by atoms with Crippen molar-refractivity contribution in [3.63, 3.8) is 0 Å². The Morgan fingerprint density at radius 3 is 2.22 bits per heavy atom.